The fourth-order valence-corrected chi connectivity index (χ4v) is 1.35. The lowest BCUT2D eigenvalue weighted by molar-refractivity contribution is 0.109. The quantitative estimate of drug-likeness (QED) is 0.785. The predicted molar refractivity (Wildman–Crippen MR) is 56.6 cm³/mol. The lowest BCUT2D eigenvalue weighted by atomic mass is 10.2. The molecule has 4 heteroatoms. The molecule has 0 aromatic heterocycles. The van der Waals surface area contributed by atoms with E-state index < -0.39 is 6.23 Å². The van der Waals surface area contributed by atoms with Crippen molar-refractivity contribution >= 4 is 11.6 Å². The number of halogens is 1. The van der Waals surface area contributed by atoms with Crippen LogP contribution in [0, 0.1) is 0 Å². The zero-order valence-electron chi connectivity index (χ0n) is 8.29. The minimum atomic E-state index is -0.442. The van der Waals surface area contributed by atoms with Crippen LogP contribution in [0.15, 0.2) is 18.2 Å². The molecule has 0 bridgehead atoms. The average molecular weight is 216 g/mol. The van der Waals surface area contributed by atoms with Crippen molar-refractivity contribution in [1.82, 2.24) is 0 Å². The van der Waals surface area contributed by atoms with Gasteiger partial charge in [0.15, 0.2) is 0 Å². The van der Waals surface area contributed by atoms with Gasteiger partial charge in [-0.15, -0.1) is 0 Å². The van der Waals surface area contributed by atoms with Gasteiger partial charge in [0.1, 0.15) is 12.0 Å². The lowest BCUT2D eigenvalue weighted by Gasteiger charge is -2.12. The van der Waals surface area contributed by atoms with Gasteiger partial charge in [-0.05, 0) is 24.6 Å². The van der Waals surface area contributed by atoms with E-state index in [4.69, 9.17) is 26.8 Å². The summed E-state index contributed by atoms with van der Waals surface area (Å²) in [4.78, 5) is 0. The van der Waals surface area contributed by atoms with Crippen molar-refractivity contribution in [2.75, 3.05) is 13.7 Å². The number of methoxy groups -OCH3 is 1. The van der Waals surface area contributed by atoms with Crippen LogP contribution >= 0.6 is 11.6 Å². The Labute approximate surface area is 88.8 Å². The average Bonchev–Trinajstić information content (AvgIpc) is 2.20. The Balaban J connectivity index is 2.88. The summed E-state index contributed by atoms with van der Waals surface area (Å²) in [6, 6.07) is 5.38. The van der Waals surface area contributed by atoms with Crippen molar-refractivity contribution in [2.24, 2.45) is 5.73 Å². The number of ether oxygens (including phenoxy) is 2. The molecule has 0 saturated heterocycles. The standard InChI is InChI=1S/C10H14ClNO2/c1-3-14-9-5-4-7(6-8(9)11)10(12)13-2/h4-6,10H,3,12H2,1-2H3. The zero-order chi connectivity index (χ0) is 10.6. The van der Waals surface area contributed by atoms with E-state index in [9.17, 15) is 0 Å². The maximum atomic E-state index is 5.97. The molecule has 3 nitrogen and oxygen atoms in total. The van der Waals surface area contributed by atoms with Crippen molar-refractivity contribution in [3.8, 4) is 5.75 Å². The van der Waals surface area contributed by atoms with E-state index in [-0.39, 0.29) is 0 Å². The third-order valence-electron chi connectivity index (χ3n) is 1.84. The highest BCUT2D eigenvalue weighted by atomic mass is 35.5. The van der Waals surface area contributed by atoms with E-state index in [1.807, 2.05) is 13.0 Å². The van der Waals surface area contributed by atoms with Gasteiger partial charge in [-0.2, -0.15) is 0 Å². The minimum absolute atomic E-state index is 0.442. The maximum Gasteiger partial charge on any atom is 0.137 e. The van der Waals surface area contributed by atoms with E-state index in [0.717, 1.165) is 5.56 Å². The Bertz CT molecular complexity index is 304. The van der Waals surface area contributed by atoms with Crippen molar-refractivity contribution in [1.29, 1.82) is 0 Å². The van der Waals surface area contributed by atoms with Crippen molar-refractivity contribution in [3.63, 3.8) is 0 Å². The second-order valence-electron chi connectivity index (χ2n) is 2.78. The molecule has 0 aliphatic rings. The van der Waals surface area contributed by atoms with Gasteiger partial charge < -0.3 is 15.2 Å². The first-order valence-corrected chi connectivity index (χ1v) is 4.77. The van der Waals surface area contributed by atoms with Crippen LogP contribution in [0.3, 0.4) is 0 Å². The highest BCUT2D eigenvalue weighted by Gasteiger charge is 2.07. The molecule has 0 aliphatic heterocycles. The Hall–Kier alpha value is -0.770. The van der Waals surface area contributed by atoms with Crippen LogP contribution in [0.2, 0.25) is 5.02 Å². The molecule has 0 amide bonds. The van der Waals surface area contributed by atoms with E-state index in [1.165, 1.54) is 0 Å². The lowest BCUT2D eigenvalue weighted by Crippen LogP contribution is -2.11. The van der Waals surface area contributed by atoms with E-state index in [1.54, 1.807) is 19.2 Å². The van der Waals surface area contributed by atoms with Gasteiger partial charge in [0, 0.05) is 7.11 Å². The van der Waals surface area contributed by atoms with Crippen LogP contribution in [0.4, 0.5) is 0 Å². The first-order valence-electron chi connectivity index (χ1n) is 4.39. The van der Waals surface area contributed by atoms with Crippen molar-refractivity contribution in [3.05, 3.63) is 28.8 Å². The SMILES string of the molecule is CCOc1ccc(C(N)OC)cc1Cl. The summed E-state index contributed by atoms with van der Waals surface area (Å²) in [5.74, 6) is 0.668. The van der Waals surface area contributed by atoms with Gasteiger partial charge in [0.25, 0.3) is 0 Å². The molecule has 1 rings (SSSR count). The van der Waals surface area contributed by atoms with Crippen LogP contribution in [0.1, 0.15) is 18.7 Å². The topological polar surface area (TPSA) is 44.5 Å². The molecule has 0 fully saturated rings. The molecule has 1 aromatic rings. The highest BCUT2D eigenvalue weighted by molar-refractivity contribution is 6.32. The van der Waals surface area contributed by atoms with Crippen LogP contribution in [-0.2, 0) is 4.74 Å². The maximum absolute atomic E-state index is 5.97. The van der Waals surface area contributed by atoms with E-state index in [0.29, 0.717) is 17.4 Å². The number of rotatable bonds is 4. The molecule has 14 heavy (non-hydrogen) atoms. The normalized spacial score (nSPS) is 12.6. The zero-order valence-corrected chi connectivity index (χ0v) is 9.04. The van der Waals surface area contributed by atoms with Gasteiger partial charge in [-0.1, -0.05) is 17.7 Å². The van der Waals surface area contributed by atoms with Gasteiger partial charge >= 0.3 is 0 Å². The molecule has 1 unspecified atom stereocenters. The number of nitrogens with two attached hydrogens (primary N) is 1. The molecule has 1 atom stereocenters. The molecule has 0 saturated carbocycles. The Morgan fingerprint density at radius 2 is 2.21 bits per heavy atom. The predicted octanol–water partition coefficient (Wildman–Crippen LogP) is 2.34. The molecule has 0 spiro atoms. The van der Waals surface area contributed by atoms with Gasteiger partial charge in [0.2, 0.25) is 0 Å². The van der Waals surface area contributed by atoms with Gasteiger partial charge in [0.05, 0.1) is 11.6 Å². The van der Waals surface area contributed by atoms with Crippen LogP contribution in [0.25, 0.3) is 0 Å². The van der Waals surface area contributed by atoms with Crippen LogP contribution < -0.4 is 10.5 Å². The minimum Gasteiger partial charge on any atom is -0.492 e. The molecule has 2 N–H and O–H groups in total. The molecule has 0 heterocycles. The number of benzene rings is 1. The monoisotopic (exact) mass is 215 g/mol. The van der Waals surface area contributed by atoms with Crippen LogP contribution in [-0.4, -0.2) is 13.7 Å². The summed E-state index contributed by atoms with van der Waals surface area (Å²) in [7, 11) is 1.55. The second-order valence-corrected chi connectivity index (χ2v) is 3.19. The van der Waals surface area contributed by atoms with E-state index >= 15 is 0 Å². The Morgan fingerprint density at radius 3 is 2.71 bits per heavy atom. The summed E-state index contributed by atoms with van der Waals surface area (Å²) >= 11 is 5.97. The van der Waals surface area contributed by atoms with Gasteiger partial charge in [-0.25, -0.2) is 0 Å². The largest absolute Gasteiger partial charge is 0.492 e. The Kier molecular flexibility index (Phi) is 4.20. The molecular weight excluding hydrogens is 202 g/mol. The van der Waals surface area contributed by atoms with E-state index in [2.05, 4.69) is 0 Å². The summed E-state index contributed by atoms with van der Waals surface area (Å²) in [5.41, 5.74) is 6.50. The molecule has 78 valence electrons. The van der Waals surface area contributed by atoms with Crippen molar-refractivity contribution < 1.29 is 9.47 Å². The second kappa shape index (κ2) is 5.20. The van der Waals surface area contributed by atoms with Gasteiger partial charge in [-0.3, -0.25) is 0 Å². The first-order chi connectivity index (χ1) is 6.69. The first kappa shape index (κ1) is 11.3. The fourth-order valence-electron chi connectivity index (χ4n) is 1.10. The van der Waals surface area contributed by atoms with Crippen molar-refractivity contribution in [2.45, 2.75) is 13.2 Å². The summed E-state index contributed by atoms with van der Waals surface area (Å²) in [6.45, 7) is 2.50. The summed E-state index contributed by atoms with van der Waals surface area (Å²) < 4.78 is 10.3. The molecular formula is C10H14ClNO2. The summed E-state index contributed by atoms with van der Waals surface area (Å²) in [5, 5.41) is 0.553. The highest BCUT2D eigenvalue weighted by Crippen LogP contribution is 2.27. The smallest absolute Gasteiger partial charge is 0.137 e. The molecule has 0 aliphatic carbocycles. The fraction of sp³-hybridized carbons (Fsp3) is 0.400. The third kappa shape index (κ3) is 2.61. The summed E-state index contributed by atoms with van der Waals surface area (Å²) in [6.07, 6.45) is -0.442. The number of hydrogen-bond donors (Lipinski definition) is 1. The molecule has 1 aromatic carbocycles. The third-order valence-corrected chi connectivity index (χ3v) is 2.13. The number of hydrogen-bond acceptors (Lipinski definition) is 3. The Morgan fingerprint density at radius 1 is 1.50 bits per heavy atom. The van der Waals surface area contributed by atoms with Crippen LogP contribution in [0.5, 0.6) is 5.75 Å². The molecule has 0 radical (unpaired) electrons.